The predicted molar refractivity (Wildman–Crippen MR) is 55.7 cm³/mol. The van der Waals surface area contributed by atoms with Crippen LogP contribution in [-0.4, -0.2) is 42.5 Å². The maximum Gasteiger partial charge on any atom is 0.375 e. The van der Waals surface area contributed by atoms with Crippen molar-refractivity contribution in [2.24, 2.45) is 0 Å². The van der Waals surface area contributed by atoms with Crippen LogP contribution in [0.5, 0.6) is 0 Å². The van der Waals surface area contributed by atoms with Crippen LogP contribution in [0.1, 0.15) is 6.42 Å². The lowest BCUT2D eigenvalue weighted by atomic mass is 10.5. The molecule has 0 aromatic carbocycles. The van der Waals surface area contributed by atoms with Crippen LogP contribution in [0.3, 0.4) is 0 Å². The Hall–Kier alpha value is -0.814. The van der Waals surface area contributed by atoms with Crippen molar-refractivity contribution < 1.29 is 19.8 Å². The normalized spacial score (nSPS) is 7.43. The Balaban J connectivity index is 0. The van der Waals surface area contributed by atoms with Crippen molar-refractivity contribution in [2.75, 3.05) is 0 Å². The molecule has 2 N–H and O–H groups in total. The Morgan fingerprint density at radius 1 is 1.07 bits per heavy atom. The number of carboxylic acids is 2. The summed E-state index contributed by atoms with van der Waals surface area (Å²) in [6.45, 7) is 7.27. The van der Waals surface area contributed by atoms with E-state index in [-0.39, 0.29) is 20.4 Å². The molecule has 0 aliphatic heterocycles. The summed E-state index contributed by atoms with van der Waals surface area (Å²) in [5.41, 5.74) is 0. The molecule has 5 heteroatoms. The summed E-state index contributed by atoms with van der Waals surface area (Å²) in [4.78, 5) is 18.9. The summed E-state index contributed by atoms with van der Waals surface area (Å²) in [6, 6.07) is 0. The Kier molecular flexibility index (Phi) is 13.6. The van der Waals surface area contributed by atoms with Crippen LogP contribution >= 0.6 is 0 Å². The molecule has 0 aliphatic rings. The summed E-state index contributed by atoms with van der Waals surface area (Å²) < 4.78 is 2.51. The third-order valence-electron chi connectivity index (χ3n) is 1.12. The van der Waals surface area contributed by atoms with Crippen molar-refractivity contribution in [3.8, 4) is 0 Å². The van der Waals surface area contributed by atoms with Gasteiger partial charge in [-0.1, -0.05) is 0 Å². The van der Waals surface area contributed by atoms with Gasteiger partial charge in [-0.15, -0.1) is 34.4 Å². The van der Waals surface area contributed by atoms with E-state index < -0.39 is 18.4 Å². The first kappa shape index (κ1) is 15.6. The minimum absolute atomic E-state index is 0.175. The lowest BCUT2D eigenvalue weighted by Gasteiger charge is -1.80. The summed E-state index contributed by atoms with van der Waals surface area (Å²) in [5, 5.41) is 15.4. The highest BCUT2D eigenvalue weighted by Crippen LogP contribution is 1.84. The molecule has 0 atom stereocenters. The van der Waals surface area contributed by atoms with E-state index in [1.807, 2.05) is 12.2 Å². The second-order valence-electron chi connectivity index (χ2n) is 2.47. The number of carbonyl (C=O) groups is 2. The average molecular weight is 211 g/mol. The van der Waals surface area contributed by atoms with Gasteiger partial charge in [-0.05, 0) is 0 Å². The van der Waals surface area contributed by atoms with Gasteiger partial charge in [0.05, 0.1) is 0 Å². The van der Waals surface area contributed by atoms with E-state index in [1.54, 1.807) is 0 Å². The van der Waals surface area contributed by atoms with Crippen LogP contribution in [-0.2, 0) is 9.59 Å². The minimum atomic E-state index is -1.31. The second-order valence-corrected chi connectivity index (χ2v) is 4.33. The van der Waals surface area contributed by atoms with Gasteiger partial charge in [0.1, 0.15) is 6.42 Å². The van der Waals surface area contributed by atoms with Crippen molar-refractivity contribution in [2.45, 2.75) is 15.5 Å². The molecular formula is C9H14MgO4. The molecule has 0 radical (unpaired) electrons. The molecule has 0 rings (SSSR count). The number of hydrogen-bond acceptors (Lipinski definition) is 2. The predicted octanol–water partition coefficient (Wildman–Crippen LogP) is 1.44. The van der Waals surface area contributed by atoms with Gasteiger partial charge in [0.2, 0.25) is 0 Å². The second kappa shape index (κ2) is 12.2. The van der Waals surface area contributed by atoms with Crippen LogP contribution in [0.2, 0.25) is 9.10 Å². The standard InChI is InChI=1S/C3H4O4.2C3H5.Mg/c4-2(5)1-3(6)7;2*1-3-2;/h1H2,(H,4,5)(H,6,7);2*3H,1-2H2;. The smallest absolute Gasteiger partial charge is 0.375 e. The zero-order chi connectivity index (χ0) is 11.4. The highest BCUT2D eigenvalue weighted by Gasteiger charge is 2.01. The van der Waals surface area contributed by atoms with Crippen molar-refractivity contribution >= 4 is 32.3 Å². The maximum absolute atomic E-state index is 9.43. The number of rotatable bonds is 6. The van der Waals surface area contributed by atoms with Crippen LogP contribution in [0, 0.1) is 0 Å². The molecule has 14 heavy (non-hydrogen) atoms. The number of aliphatic carboxylic acids is 2. The van der Waals surface area contributed by atoms with Gasteiger partial charge < -0.3 is 10.2 Å². The van der Waals surface area contributed by atoms with Gasteiger partial charge in [-0.3, -0.25) is 9.59 Å². The summed E-state index contributed by atoms with van der Waals surface area (Å²) in [7, 11) is 0. The Labute approximate surface area is 93.0 Å². The van der Waals surface area contributed by atoms with E-state index in [9.17, 15) is 9.59 Å². The summed E-state index contributed by atoms with van der Waals surface area (Å²) in [6.07, 6.45) is 3.19. The zero-order valence-electron chi connectivity index (χ0n) is 8.11. The Bertz CT molecular complexity index is 181. The van der Waals surface area contributed by atoms with Gasteiger partial charge in [0.25, 0.3) is 0 Å². The summed E-state index contributed by atoms with van der Waals surface area (Å²) in [5.74, 6) is -2.62. The molecule has 76 valence electrons. The molecule has 0 amide bonds. The molecule has 0 unspecified atom stereocenters. The molecule has 0 aliphatic carbocycles. The third-order valence-corrected chi connectivity index (χ3v) is 2.75. The lowest BCUT2D eigenvalue weighted by Crippen LogP contribution is -2.03. The van der Waals surface area contributed by atoms with Crippen LogP contribution in [0.15, 0.2) is 25.3 Å². The SMILES string of the molecule is C=C[CH2][Mg][CH2]C=C.O=C(O)CC(=O)O. The first-order valence-corrected chi connectivity index (χ1v) is 6.20. The number of hydrogen-bond donors (Lipinski definition) is 2. The van der Waals surface area contributed by atoms with Gasteiger partial charge in [-0.25, -0.2) is 0 Å². The molecular weight excluding hydrogens is 196 g/mol. The number of carboxylic acid groups (broad SMARTS) is 2. The van der Waals surface area contributed by atoms with Crippen LogP contribution in [0.25, 0.3) is 0 Å². The monoisotopic (exact) mass is 210 g/mol. The van der Waals surface area contributed by atoms with Crippen LogP contribution < -0.4 is 0 Å². The highest BCUT2D eigenvalue weighted by atomic mass is 24.5. The zero-order valence-corrected chi connectivity index (χ0v) is 9.52. The quantitative estimate of drug-likeness (QED) is 0.301. The van der Waals surface area contributed by atoms with Gasteiger partial charge in [0.15, 0.2) is 0 Å². The van der Waals surface area contributed by atoms with Crippen LogP contribution in [0.4, 0.5) is 0 Å². The fourth-order valence-corrected chi connectivity index (χ4v) is 1.35. The van der Waals surface area contributed by atoms with E-state index in [0.29, 0.717) is 0 Å². The minimum Gasteiger partial charge on any atom is -0.481 e. The molecule has 0 aromatic heterocycles. The summed E-state index contributed by atoms with van der Waals surface area (Å²) >= 11 is 0.175. The molecule has 0 fully saturated rings. The topological polar surface area (TPSA) is 74.6 Å². The molecule has 4 nitrogen and oxygen atoms in total. The Morgan fingerprint density at radius 2 is 1.43 bits per heavy atom. The third kappa shape index (κ3) is 22.5. The first-order chi connectivity index (χ1) is 6.54. The lowest BCUT2D eigenvalue weighted by molar-refractivity contribution is -0.147. The Morgan fingerprint density at radius 3 is 1.57 bits per heavy atom. The van der Waals surface area contributed by atoms with E-state index in [2.05, 4.69) is 13.2 Å². The molecule has 0 spiro atoms. The van der Waals surface area contributed by atoms with Crippen molar-refractivity contribution in [1.82, 2.24) is 0 Å². The van der Waals surface area contributed by atoms with E-state index in [0.717, 1.165) is 0 Å². The van der Waals surface area contributed by atoms with E-state index in [1.165, 1.54) is 9.10 Å². The van der Waals surface area contributed by atoms with Crippen molar-refractivity contribution in [3.63, 3.8) is 0 Å². The van der Waals surface area contributed by atoms with Crippen molar-refractivity contribution in [1.29, 1.82) is 0 Å². The van der Waals surface area contributed by atoms with E-state index >= 15 is 0 Å². The molecule has 0 bridgehead atoms. The fourth-order valence-electron chi connectivity index (χ4n) is 0.536. The van der Waals surface area contributed by atoms with Crippen molar-refractivity contribution in [3.05, 3.63) is 25.3 Å². The van der Waals surface area contributed by atoms with Gasteiger partial charge >= 0.3 is 32.3 Å². The largest absolute Gasteiger partial charge is 0.481 e. The maximum atomic E-state index is 9.43. The molecule has 0 saturated heterocycles. The van der Waals surface area contributed by atoms with Gasteiger partial charge in [-0.2, -0.15) is 0 Å². The van der Waals surface area contributed by atoms with E-state index in [4.69, 9.17) is 10.2 Å². The first-order valence-electron chi connectivity index (χ1n) is 4.20. The molecule has 0 aromatic rings. The fraction of sp³-hybridized carbons (Fsp3) is 0.333. The number of allylic oxidation sites excluding steroid dienone is 2. The molecule has 0 heterocycles. The highest BCUT2D eigenvalue weighted by molar-refractivity contribution is 6.36. The molecule has 0 saturated carbocycles. The average Bonchev–Trinajstić information content (AvgIpc) is 2.04. The van der Waals surface area contributed by atoms with Gasteiger partial charge in [0, 0.05) is 0 Å².